The van der Waals surface area contributed by atoms with E-state index in [0.717, 1.165) is 5.69 Å². The molecule has 0 saturated carbocycles. The van der Waals surface area contributed by atoms with Crippen LogP contribution in [0.1, 0.15) is 32.3 Å². The third kappa shape index (κ3) is 8.63. The Hall–Kier alpha value is -2.34. The van der Waals surface area contributed by atoms with Gasteiger partial charge in [0.05, 0.1) is 6.54 Å². The molecule has 0 fully saturated rings. The lowest BCUT2D eigenvalue weighted by atomic mass is 10.0. The lowest BCUT2D eigenvalue weighted by Crippen LogP contribution is -2.28. The van der Waals surface area contributed by atoms with E-state index in [9.17, 15) is 9.59 Å². The normalized spacial score (nSPS) is 11.0. The number of rotatable bonds is 7. The first-order valence-electron chi connectivity index (χ1n) is 7.38. The van der Waals surface area contributed by atoms with Crippen LogP contribution in [0.3, 0.4) is 0 Å². The largest absolute Gasteiger partial charge is 0.480 e. The minimum atomic E-state index is -0.968. The molecule has 23 heavy (non-hydrogen) atoms. The van der Waals surface area contributed by atoms with Gasteiger partial charge in [-0.15, -0.1) is 0 Å². The van der Waals surface area contributed by atoms with E-state index in [1.54, 1.807) is 13.0 Å². The van der Waals surface area contributed by atoms with Gasteiger partial charge in [-0.25, -0.2) is 4.79 Å². The van der Waals surface area contributed by atoms with Gasteiger partial charge in [0.1, 0.15) is 12.6 Å². The quantitative estimate of drug-likeness (QED) is 0.526. The van der Waals surface area contributed by atoms with Gasteiger partial charge in [0.25, 0.3) is 0 Å². The Balaban J connectivity index is 0.000000841. The van der Waals surface area contributed by atoms with Gasteiger partial charge in [0.15, 0.2) is 0 Å². The smallest absolute Gasteiger partial charge is 0.328 e. The number of aliphatic carboxylic acids is 1. The van der Waals surface area contributed by atoms with Gasteiger partial charge >= 0.3 is 11.9 Å². The van der Waals surface area contributed by atoms with Gasteiger partial charge in [-0.2, -0.15) is 0 Å². The highest BCUT2D eigenvalue weighted by Gasteiger charge is 2.15. The van der Waals surface area contributed by atoms with Crippen LogP contribution in [0.5, 0.6) is 0 Å². The van der Waals surface area contributed by atoms with Crippen LogP contribution in [0.25, 0.3) is 0 Å². The van der Waals surface area contributed by atoms with Gasteiger partial charge in [0, 0.05) is 5.69 Å². The van der Waals surface area contributed by atoms with Crippen LogP contribution in [0.15, 0.2) is 36.9 Å². The SMILES string of the molecule is C=CCOC(=O)[C@H](C)Nc1ccccc1C(C)C.NCC(=O)O. The molecule has 0 radical (unpaired) electrons. The summed E-state index contributed by atoms with van der Waals surface area (Å²) in [6.45, 7) is 9.53. The molecule has 1 atom stereocenters. The molecule has 6 heteroatoms. The van der Waals surface area contributed by atoms with Crippen molar-refractivity contribution in [2.75, 3.05) is 18.5 Å². The van der Waals surface area contributed by atoms with E-state index in [1.807, 2.05) is 18.2 Å². The van der Waals surface area contributed by atoms with Crippen molar-refractivity contribution in [3.05, 3.63) is 42.5 Å². The summed E-state index contributed by atoms with van der Waals surface area (Å²) in [5, 5.41) is 10.8. The number of carbonyl (C=O) groups is 2. The third-order valence-electron chi connectivity index (χ3n) is 2.83. The van der Waals surface area contributed by atoms with E-state index in [-0.39, 0.29) is 25.2 Å². The number of nitrogens with two attached hydrogens (primary N) is 1. The number of benzene rings is 1. The fraction of sp³-hybridized carbons (Fsp3) is 0.412. The molecule has 0 heterocycles. The number of carbonyl (C=O) groups excluding carboxylic acids is 1. The molecule has 0 aliphatic heterocycles. The topological polar surface area (TPSA) is 102 Å². The van der Waals surface area contributed by atoms with Gasteiger partial charge in [0.2, 0.25) is 0 Å². The molecule has 0 aliphatic carbocycles. The van der Waals surface area contributed by atoms with E-state index in [1.165, 1.54) is 5.56 Å². The van der Waals surface area contributed by atoms with E-state index in [0.29, 0.717) is 5.92 Å². The lowest BCUT2D eigenvalue weighted by Gasteiger charge is -2.18. The van der Waals surface area contributed by atoms with E-state index in [4.69, 9.17) is 9.84 Å². The van der Waals surface area contributed by atoms with Crippen molar-refractivity contribution in [3.63, 3.8) is 0 Å². The standard InChI is InChI=1S/C15H21NO2.C2H5NO2/c1-5-10-18-15(17)12(4)16-14-9-7-6-8-13(14)11(2)3;3-1-2(4)5/h5-9,11-12,16H,1,10H2,2-4H3;1,3H2,(H,4,5)/t12-;/m0./s1. The number of nitrogens with one attached hydrogen (secondary N) is 1. The minimum Gasteiger partial charge on any atom is -0.480 e. The average Bonchev–Trinajstić information content (AvgIpc) is 2.53. The van der Waals surface area contributed by atoms with E-state index in [2.05, 4.69) is 37.5 Å². The van der Waals surface area contributed by atoms with Crippen molar-refractivity contribution in [2.45, 2.75) is 32.7 Å². The summed E-state index contributed by atoms with van der Waals surface area (Å²) in [6.07, 6.45) is 1.56. The predicted octanol–water partition coefficient (Wildman–Crippen LogP) is 2.37. The molecule has 6 nitrogen and oxygen atoms in total. The van der Waals surface area contributed by atoms with Crippen molar-refractivity contribution in [1.82, 2.24) is 0 Å². The second kappa shape index (κ2) is 11.3. The van der Waals surface area contributed by atoms with Crippen LogP contribution in [0.2, 0.25) is 0 Å². The Morgan fingerprint density at radius 3 is 2.39 bits per heavy atom. The number of anilines is 1. The van der Waals surface area contributed by atoms with Crippen LogP contribution in [-0.4, -0.2) is 36.2 Å². The van der Waals surface area contributed by atoms with Crippen molar-refractivity contribution in [2.24, 2.45) is 5.73 Å². The molecule has 0 aromatic heterocycles. The van der Waals surface area contributed by atoms with Crippen molar-refractivity contribution < 1.29 is 19.4 Å². The highest BCUT2D eigenvalue weighted by molar-refractivity contribution is 5.79. The Morgan fingerprint density at radius 1 is 1.35 bits per heavy atom. The highest BCUT2D eigenvalue weighted by atomic mass is 16.5. The Kier molecular flexibility index (Phi) is 10.1. The summed E-state index contributed by atoms with van der Waals surface area (Å²) in [6, 6.07) is 7.63. The number of ether oxygens (including phenoxy) is 1. The maximum Gasteiger partial charge on any atom is 0.328 e. The Bertz CT molecular complexity index is 515. The zero-order chi connectivity index (χ0) is 17.8. The first kappa shape index (κ1) is 20.7. The number of hydrogen-bond acceptors (Lipinski definition) is 5. The van der Waals surface area contributed by atoms with Crippen LogP contribution in [0.4, 0.5) is 5.69 Å². The maximum atomic E-state index is 11.7. The van der Waals surface area contributed by atoms with Crippen molar-refractivity contribution in [3.8, 4) is 0 Å². The lowest BCUT2D eigenvalue weighted by molar-refractivity contribution is -0.143. The van der Waals surface area contributed by atoms with Gasteiger partial charge in [-0.05, 0) is 24.5 Å². The minimum absolute atomic E-state index is 0.247. The zero-order valence-electron chi connectivity index (χ0n) is 13.9. The second-order valence-corrected chi connectivity index (χ2v) is 5.12. The van der Waals surface area contributed by atoms with Crippen molar-refractivity contribution in [1.29, 1.82) is 0 Å². The summed E-state index contributed by atoms with van der Waals surface area (Å²) in [5.74, 6) is -0.830. The first-order valence-corrected chi connectivity index (χ1v) is 7.38. The molecule has 128 valence electrons. The maximum absolute atomic E-state index is 11.7. The number of para-hydroxylation sites is 1. The zero-order valence-corrected chi connectivity index (χ0v) is 13.9. The molecule has 0 bridgehead atoms. The molecule has 1 aromatic rings. The molecule has 1 rings (SSSR count). The molecule has 0 amide bonds. The van der Waals surface area contributed by atoms with Gasteiger partial charge < -0.3 is 20.9 Å². The van der Waals surface area contributed by atoms with E-state index < -0.39 is 5.97 Å². The van der Waals surface area contributed by atoms with Crippen LogP contribution >= 0.6 is 0 Å². The van der Waals surface area contributed by atoms with Crippen LogP contribution < -0.4 is 11.1 Å². The number of hydrogen-bond donors (Lipinski definition) is 3. The van der Waals surface area contributed by atoms with Gasteiger partial charge in [-0.3, -0.25) is 4.79 Å². The number of esters is 1. The first-order chi connectivity index (χ1) is 10.8. The summed E-state index contributed by atoms with van der Waals surface area (Å²) < 4.78 is 5.01. The molecular weight excluding hydrogens is 296 g/mol. The number of carboxylic acids is 1. The molecule has 0 unspecified atom stereocenters. The molecule has 0 aliphatic rings. The Morgan fingerprint density at radius 2 is 1.91 bits per heavy atom. The third-order valence-corrected chi connectivity index (χ3v) is 2.83. The van der Waals surface area contributed by atoms with Crippen LogP contribution in [0, 0.1) is 0 Å². The highest BCUT2D eigenvalue weighted by Crippen LogP contribution is 2.24. The van der Waals surface area contributed by atoms with Gasteiger partial charge in [-0.1, -0.05) is 44.7 Å². The molecular formula is C17H26N2O4. The molecule has 4 N–H and O–H groups in total. The number of carboxylic acid groups (broad SMARTS) is 1. The average molecular weight is 322 g/mol. The van der Waals surface area contributed by atoms with Crippen LogP contribution in [-0.2, 0) is 14.3 Å². The monoisotopic (exact) mass is 322 g/mol. The second-order valence-electron chi connectivity index (χ2n) is 5.12. The summed E-state index contributed by atoms with van der Waals surface area (Å²) in [4.78, 5) is 20.9. The fourth-order valence-corrected chi connectivity index (χ4v) is 1.69. The molecule has 0 spiro atoms. The fourth-order valence-electron chi connectivity index (χ4n) is 1.69. The van der Waals surface area contributed by atoms with Crippen molar-refractivity contribution >= 4 is 17.6 Å². The van der Waals surface area contributed by atoms with E-state index >= 15 is 0 Å². The summed E-state index contributed by atoms with van der Waals surface area (Å²) in [7, 11) is 0. The molecule has 0 saturated heterocycles. The molecule has 1 aromatic carbocycles. The summed E-state index contributed by atoms with van der Waals surface area (Å²) in [5.41, 5.74) is 6.75. The predicted molar refractivity (Wildman–Crippen MR) is 91.5 cm³/mol. The Labute approximate surface area is 137 Å². The summed E-state index contributed by atoms with van der Waals surface area (Å²) >= 11 is 0.